The lowest BCUT2D eigenvalue weighted by Gasteiger charge is -2.18. The molecule has 1 saturated heterocycles. The van der Waals surface area contributed by atoms with Crippen LogP contribution in [0, 0.1) is 11.3 Å². The highest BCUT2D eigenvalue weighted by atomic mass is 19.1. The van der Waals surface area contributed by atoms with Crippen molar-refractivity contribution in [3.8, 4) is 0 Å². The van der Waals surface area contributed by atoms with Crippen molar-refractivity contribution >= 4 is 11.9 Å². The summed E-state index contributed by atoms with van der Waals surface area (Å²) in [6.07, 6.45) is 0.718. The maximum Gasteiger partial charge on any atom is 0.343 e. The van der Waals surface area contributed by atoms with Gasteiger partial charge in [0.05, 0.1) is 6.54 Å². The van der Waals surface area contributed by atoms with Crippen molar-refractivity contribution in [3.05, 3.63) is 0 Å². The second-order valence-electron chi connectivity index (χ2n) is 5.53. The van der Waals surface area contributed by atoms with Crippen molar-refractivity contribution in [2.75, 3.05) is 13.1 Å². The Balaban J connectivity index is 2.00. The van der Waals surface area contributed by atoms with E-state index in [9.17, 15) is 14.0 Å². The summed E-state index contributed by atoms with van der Waals surface area (Å²) >= 11 is 0. The van der Waals surface area contributed by atoms with Crippen molar-refractivity contribution in [2.24, 2.45) is 11.3 Å². The van der Waals surface area contributed by atoms with E-state index in [2.05, 4.69) is 0 Å². The molecule has 1 heterocycles. The number of likely N-dealkylation sites (tertiary alicyclic amines) is 1. The first-order valence-electron chi connectivity index (χ1n) is 5.47. The molecule has 0 radical (unpaired) electrons. The van der Waals surface area contributed by atoms with Gasteiger partial charge in [-0.1, -0.05) is 13.8 Å². The molecule has 0 aromatic rings. The summed E-state index contributed by atoms with van der Waals surface area (Å²) in [5.41, 5.74) is -2.24. The minimum absolute atomic E-state index is 0.00185. The molecule has 2 aliphatic rings. The molecule has 1 amide bonds. The van der Waals surface area contributed by atoms with Crippen molar-refractivity contribution < 1.29 is 19.1 Å². The number of rotatable bonds is 2. The number of aliphatic carboxylic acids is 1. The van der Waals surface area contributed by atoms with Crippen LogP contribution >= 0.6 is 0 Å². The van der Waals surface area contributed by atoms with Crippen LogP contribution in [0.3, 0.4) is 0 Å². The number of carboxylic acid groups (broad SMARTS) is 1. The van der Waals surface area contributed by atoms with Gasteiger partial charge in [-0.05, 0) is 11.8 Å². The topological polar surface area (TPSA) is 57.6 Å². The fourth-order valence-electron chi connectivity index (χ4n) is 2.24. The first-order valence-corrected chi connectivity index (χ1v) is 5.47. The summed E-state index contributed by atoms with van der Waals surface area (Å²) in [5.74, 6) is -1.60. The number of carbonyl (C=O) groups excluding carboxylic acids is 1. The molecule has 90 valence electrons. The highest BCUT2D eigenvalue weighted by Gasteiger charge is 2.55. The highest BCUT2D eigenvalue weighted by molar-refractivity contribution is 5.85. The van der Waals surface area contributed by atoms with E-state index in [-0.39, 0.29) is 36.8 Å². The lowest BCUT2D eigenvalue weighted by atomic mass is 10.1. The number of halogens is 1. The third-order valence-corrected chi connectivity index (χ3v) is 3.73. The molecule has 1 aliphatic carbocycles. The number of hydrogen-bond donors (Lipinski definition) is 1. The van der Waals surface area contributed by atoms with Gasteiger partial charge in [0.25, 0.3) is 0 Å². The number of carboxylic acids is 1. The maximum atomic E-state index is 13.7. The second-order valence-corrected chi connectivity index (χ2v) is 5.53. The summed E-state index contributed by atoms with van der Waals surface area (Å²) in [6.45, 7) is 3.90. The van der Waals surface area contributed by atoms with E-state index < -0.39 is 11.6 Å². The normalized spacial score (nSPS) is 36.2. The summed E-state index contributed by atoms with van der Waals surface area (Å²) in [7, 11) is 0. The van der Waals surface area contributed by atoms with E-state index in [0.717, 1.165) is 6.42 Å². The van der Waals surface area contributed by atoms with Gasteiger partial charge in [-0.25, -0.2) is 9.18 Å². The molecule has 0 spiro atoms. The Morgan fingerprint density at radius 2 is 2.00 bits per heavy atom. The van der Waals surface area contributed by atoms with Crippen LogP contribution in [0.15, 0.2) is 0 Å². The predicted octanol–water partition coefficient (Wildman–Crippen LogP) is 1.06. The minimum Gasteiger partial charge on any atom is -0.479 e. The van der Waals surface area contributed by atoms with Gasteiger partial charge in [0.1, 0.15) is 0 Å². The van der Waals surface area contributed by atoms with Gasteiger partial charge in [0.15, 0.2) is 0 Å². The summed E-state index contributed by atoms with van der Waals surface area (Å²) < 4.78 is 13.7. The predicted molar refractivity (Wildman–Crippen MR) is 54.6 cm³/mol. The average Bonchev–Trinajstić information content (AvgIpc) is 2.62. The first kappa shape index (κ1) is 11.4. The second kappa shape index (κ2) is 3.18. The Morgan fingerprint density at radius 3 is 2.38 bits per heavy atom. The number of carbonyl (C=O) groups is 2. The zero-order valence-corrected chi connectivity index (χ0v) is 9.49. The first-order chi connectivity index (χ1) is 7.26. The molecule has 1 saturated carbocycles. The standard InChI is InChI=1S/C11H16FNO3/c1-10(2)5-7(10)8(14)13-4-3-11(12,6-13)9(15)16/h7H,3-6H2,1-2H3,(H,15,16)/t7-,11?/m1/s1. The van der Waals surface area contributed by atoms with Crippen molar-refractivity contribution in [2.45, 2.75) is 32.4 Å². The van der Waals surface area contributed by atoms with Crippen LogP contribution in [-0.2, 0) is 9.59 Å². The fourth-order valence-corrected chi connectivity index (χ4v) is 2.24. The van der Waals surface area contributed by atoms with E-state index in [1.807, 2.05) is 13.8 Å². The van der Waals surface area contributed by atoms with E-state index in [1.54, 1.807) is 0 Å². The Hall–Kier alpha value is -1.13. The number of alkyl halides is 1. The Morgan fingerprint density at radius 1 is 1.44 bits per heavy atom. The van der Waals surface area contributed by atoms with E-state index in [1.165, 1.54) is 4.90 Å². The minimum atomic E-state index is -2.24. The summed E-state index contributed by atoms with van der Waals surface area (Å²) in [5, 5.41) is 8.72. The zero-order valence-electron chi connectivity index (χ0n) is 9.49. The average molecular weight is 229 g/mol. The molecule has 4 nitrogen and oxygen atoms in total. The summed E-state index contributed by atoms with van der Waals surface area (Å²) in [6, 6.07) is 0. The van der Waals surface area contributed by atoms with Crippen LogP contribution in [0.5, 0.6) is 0 Å². The van der Waals surface area contributed by atoms with Gasteiger partial charge in [0, 0.05) is 18.9 Å². The van der Waals surface area contributed by atoms with Gasteiger partial charge in [0.2, 0.25) is 11.6 Å². The molecule has 0 aromatic carbocycles. The Bertz CT molecular complexity index is 355. The van der Waals surface area contributed by atoms with Crippen LogP contribution in [0.2, 0.25) is 0 Å². The molecule has 0 aromatic heterocycles. The zero-order chi connectivity index (χ0) is 12.1. The lowest BCUT2D eigenvalue weighted by Crippen LogP contribution is -2.39. The molecule has 0 bridgehead atoms. The lowest BCUT2D eigenvalue weighted by molar-refractivity contribution is -0.150. The largest absolute Gasteiger partial charge is 0.479 e. The molecule has 2 fully saturated rings. The SMILES string of the molecule is CC1(C)C[C@@H]1C(=O)N1CCC(F)(C(=O)O)C1. The molecular weight excluding hydrogens is 213 g/mol. The van der Waals surface area contributed by atoms with E-state index in [4.69, 9.17) is 5.11 Å². The van der Waals surface area contributed by atoms with Gasteiger partial charge in [-0.3, -0.25) is 4.79 Å². The molecule has 2 rings (SSSR count). The van der Waals surface area contributed by atoms with Crippen molar-refractivity contribution in [1.29, 1.82) is 0 Å². The fraction of sp³-hybridized carbons (Fsp3) is 0.818. The van der Waals surface area contributed by atoms with Gasteiger partial charge in [-0.2, -0.15) is 0 Å². The van der Waals surface area contributed by atoms with Crippen molar-refractivity contribution in [1.82, 2.24) is 4.90 Å². The van der Waals surface area contributed by atoms with Gasteiger partial charge in [-0.15, -0.1) is 0 Å². The molecule has 5 heteroatoms. The van der Waals surface area contributed by atoms with E-state index >= 15 is 0 Å². The molecule has 1 N–H and O–H groups in total. The Labute approximate surface area is 93.4 Å². The third-order valence-electron chi connectivity index (χ3n) is 3.73. The smallest absolute Gasteiger partial charge is 0.343 e. The van der Waals surface area contributed by atoms with Crippen LogP contribution in [0.4, 0.5) is 4.39 Å². The van der Waals surface area contributed by atoms with Crippen LogP contribution < -0.4 is 0 Å². The molecule has 2 atom stereocenters. The van der Waals surface area contributed by atoms with E-state index in [0.29, 0.717) is 0 Å². The number of amides is 1. The molecule has 1 unspecified atom stereocenters. The van der Waals surface area contributed by atoms with Gasteiger partial charge < -0.3 is 10.0 Å². The molecule has 16 heavy (non-hydrogen) atoms. The molecule has 1 aliphatic heterocycles. The van der Waals surface area contributed by atoms with Crippen molar-refractivity contribution in [3.63, 3.8) is 0 Å². The Kier molecular flexibility index (Phi) is 2.26. The highest BCUT2D eigenvalue weighted by Crippen LogP contribution is 2.52. The quantitative estimate of drug-likeness (QED) is 0.770. The van der Waals surface area contributed by atoms with Gasteiger partial charge >= 0.3 is 5.97 Å². The third kappa shape index (κ3) is 1.68. The monoisotopic (exact) mass is 229 g/mol. The molecular formula is C11H16FNO3. The number of nitrogens with zero attached hydrogens (tertiary/aromatic N) is 1. The maximum absolute atomic E-state index is 13.7. The van der Waals surface area contributed by atoms with Crippen LogP contribution in [-0.4, -0.2) is 40.6 Å². The number of hydrogen-bond acceptors (Lipinski definition) is 2. The van der Waals surface area contributed by atoms with Crippen LogP contribution in [0.25, 0.3) is 0 Å². The summed E-state index contributed by atoms with van der Waals surface area (Å²) in [4.78, 5) is 23.9. The van der Waals surface area contributed by atoms with Crippen LogP contribution in [0.1, 0.15) is 26.7 Å².